The maximum absolute atomic E-state index is 11.6. The van der Waals surface area contributed by atoms with Crippen molar-refractivity contribution >= 4 is 11.6 Å². The summed E-state index contributed by atoms with van der Waals surface area (Å²) in [6.45, 7) is 5.89. The lowest BCUT2D eigenvalue weighted by atomic mass is 9.95. The number of fused-ring (bicyclic) bond motifs is 1. The van der Waals surface area contributed by atoms with Crippen LogP contribution in [-0.2, 0) is 11.2 Å². The first-order valence-corrected chi connectivity index (χ1v) is 7.29. The SMILES string of the molecule is CNC(C)(CCN1CCCc2cc(C)ccc21)C(N)=O. The Kier molecular flexibility index (Phi) is 4.33. The third-order valence-corrected chi connectivity index (χ3v) is 4.43. The number of anilines is 1. The number of nitrogens with one attached hydrogen (secondary N) is 1. The van der Waals surface area contributed by atoms with Gasteiger partial charge in [0.05, 0.1) is 5.54 Å². The predicted molar refractivity (Wildman–Crippen MR) is 83.0 cm³/mol. The van der Waals surface area contributed by atoms with Crippen LogP contribution in [0.4, 0.5) is 5.69 Å². The van der Waals surface area contributed by atoms with Gasteiger partial charge in [-0.2, -0.15) is 0 Å². The molecule has 0 saturated carbocycles. The molecule has 1 aliphatic heterocycles. The normalized spacial score (nSPS) is 17.4. The zero-order valence-corrected chi connectivity index (χ0v) is 12.7. The number of amides is 1. The standard InChI is InChI=1S/C16H25N3O/c1-12-6-7-14-13(11-12)5-4-9-19(14)10-8-16(2,18-3)15(17)20/h6-7,11,18H,4-5,8-10H2,1-3H3,(H2,17,20). The van der Waals surface area contributed by atoms with E-state index < -0.39 is 5.54 Å². The van der Waals surface area contributed by atoms with Gasteiger partial charge in [0.2, 0.25) is 5.91 Å². The van der Waals surface area contributed by atoms with Crippen LogP contribution in [0, 0.1) is 6.92 Å². The molecule has 20 heavy (non-hydrogen) atoms. The first-order valence-electron chi connectivity index (χ1n) is 7.29. The molecule has 0 spiro atoms. The Bertz CT molecular complexity index is 500. The Morgan fingerprint density at radius 3 is 2.90 bits per heavy atom. The van der Waals surface area contributed by atoms with Gasteiger partial charge in [0.25, 0.3) is 0 Å². The number of hydrogen-bond acceptors (Lipinski definition) is 3. The van der Waals surface area contributed by atoms with Crippen LogP contribution < -0.4 is 16.0 Å². The lowest BCUT2D eigenvalue weighted by molar-refractivity contribution is -0.123. The van der Waals surface area contributed by atoms with Crippen molar-refractivity contribution in [3.05, 3.63) is 29.3 Å². The molecule has 4 heteroatoms. The number of carbonyl (C=O) groups is 1. The molecule has 1 aliphatic rings. The summed E-state index contributed by atoms with van der Waals surface area (Å²) in [4.78, 5) is 13.9. The lowest BCUT2D eigenvalue weighted by Crippen LogP contribution is -2.53. The molecule has 1 unspecified atom stereocenters. The lowest BCUT2D eigenvalue weighted by Gasteiger charge is -2.34. The number of hydrogen-bond donors (Lipinski definition) is 2. The highest BCUT2D eigenvalue weighted by atomic mass is 16.1. The smallest absolute Gasteiger partial charge is 0.237 e. The second-order valence-electron chi connectivity index (χ2n) is 5.92. The van der Waals surface area contributed by atoms with Crippen LogP contribution in [0.3, 0.4) is 0 Å². The molecule has 0 fully saturated rings. The Morgan fingerprint density at radius 1 is 1.50 bits per heavy atom. The maximum Gasteiger partial charge on any atom is 0.237 e. The summed E-state index contributed by atoms with van der Waals surface area (Å²) >= 11 is 0. The average molecular weight is 275 g/mol. The molecular weight excluding hydrogens is 250 g/mol. The monoisotopic (exact) mass is 275 g/mol. The van der Waals surface area contributed by atoms with Crippen molar-refractivity contribution in [3.63, 3.8) is 0 Å². The number of aryl methyl sites for hydroxylation is 2. The van der Waals surface area contributed by atoms with Gasteiger partial charge in [0, 0.05) is 18.8 Å². The molecule has 0 bridgehead atoms. The van der Waals surface area contributed by atoms with Gasteiger partial charge in [-0.15, -0.1) is 0 Å². The Balaban J connectivity index is 2.11. The fourth-order valence-corrected chi connectivity index (χ4v) is 2.77. The number of nitrogens with zero attached hydrogens (tertiary/aromatic N) is 1. The van der Waals surface area contributed by atoms with E-state index in [2.05, 4.69) is 35.3 Å². The zero-order chi connectivity index (χ0) is 14.8. The molecule has 1 amide bonds. The molecule has 3 N–H and O–H groups in total. The topological polar surface area (TPSA) is 58.4 Å². The Hall–Kier alpha value is -1.55. The number of carbonyl (C=O) groups excluding carboxylic acids is 1. The van der Waals surface area contributed by atoms with E-state index in [0.29, 0.717) is 6.42 Å². The van der Waals surface area contributed by atoms with Gasteiger partial charge < -0.3 is 16.0 Å². The minimum absolute atomic E-state index is 0.291. The van der Waals surface area contributed by atoms with Gasteiger partial charge in [0.1, 0.15) is 0 Å². The number of likely N-dealkylation sites (N-methyl/N-ethyl adjacent to an activating group) is 1. The van der Waals surface area contributed by atoms with Crippen molar-refractivity contribution in [1.29, 1.82) is 0 Å². The van der Waals surface area contributed by atoms with Crippen LogP contribution in [-0.4, -0.2) is 31.6 Å². The number of nitrogens with two attached hydrogens (primary N) is 1. The summed E-state index contributed by atoms with van der Waals surface area (Å²) in [6, 6.07) is 6.63. The molecule has 4 nitrogen and oxygen atoms in total. The molecule has 110 valence electrons. The average Bonchev–Trinajstić information content (AvgIpc) is 2.44. The van der Waals surface area contributed by atoms with Gasteiger partial charge in [-0.25, -0.2) is 0 Å². The summed E-state index contributed by atoms with van der Waals surface area (Å²) in [5.74, 6) is -0.291. The van der Waals surface area contributed by atoms with E-state index >= 15 is 0 Å². The van der Waals surface area contributed by atoms with Crippen LogP contribution >= 0.6 is 0 Å². The van der Waals surface area contributed by atoms with Crippen molar-refractivity contribution in [1.82, 2.24) is 5.32 Å². The quantitative estimate of drug-likeness (QED) is 0.858. The molecule has 1 atom stereocenters. The van der Waals surface area contributed by atoms with Crippen LogP contribution in [0.5, 0.6) is 0 Å². The van der Waals surface area contributed by atoms with E-state index in [-0.39, 0.29) is 5.91 Å². The van der Waals surface area contributed by atoms with Crippen molar-refractivity contribution in [2.75, 3.05) is 25.0 Å². The Labute approximate surface area is 121 Å². The highest BCUT2D eigenvalue weighted by Gasteiger charge is 2.30. The molecule has 1 aromatic rings. The second kappa shape index (κ2) is 5.83. The third kappa shape index (κ3) is 2.96. The van der Waals surface area contributed by atoms with Crippen LogP contribution in [0.15, 0.2) is 18.2 Å². The minimum atomic E-state index is -0.637. The summed E-state index contributed by atoms with van der Waals surface area (Å²) in [5, 5.41) is 3.05. The first-order chi connectivity index (χ1) is 9.46. The van der Waals surface area contributed by atoms with Gasteiger partial charge >= 0.3 is 0 Å². The van der Waals surface area contributed by atoms with Crippen molar-refractivity contribution in [3.8, 4) is 0 Å². The largest absolute Gasteiger partial charge is 0.371 e. The molecule has 2 rings (SSSR count). The van der Waals surface area contributed by atoms with Crippen molar-refractivity contribution < 1.29 is 4.79 Å². The van der Waals surface area contributed by atoms with Crippen molar-refractivity contribution in [2.45, 2.75) is 38.6 Å². The number of benzene rings is 1. The van der Waals surface area contributed by atoms with Gasteiger partial charge in [-0.3, -0.25) is 4.79 Å². The van der Waals surface area contributed by atoms with E-state index in [1.165, 1.54) is 23.2 Å². The van der Waals surface area contributed by atoms with Crippen LogP contribution in [0.25, 0.3) is 0 Å². The summed E-state index contributed by atoms with van der Waals surface area (Å²) in [6.07, 6.45) is 3.03. The highest BCUT2D eigenvalue weighted by Crippen LogP contribution is 2.28. The molecule has 1 aromatic carbocycles. The molecule has 0 aromatic heterocycles. The summed E-state index contributed by atoms with van der Waals surface area (Å²) in [7, 11) is 1.79. The zero-order valence-electron chi connectivity index (χ0n) is 12.7. The van der Waals surface area contributed by atoms with Crippen LogP contribution in [0.2, 0.25) is 0 Å². The number of rotatable bonds is 5. The fraction of sp³-hybridized carbons (Fsp3) is 0.562. The fourth-order valence-electron chi connectivity index (χ4n) is 2.77. The molecule has 1 heterocycles. The third-order valence-electron chi connectivity index (χ3n) is 4.43. The Morgan fingerprint density at radius 2 is 2.25 bits per heavy atom. The van der Waals surface area contributed by atoms with E-state index in [4.69, 9.17) is 5.73 Å². The summed E-state index contributed by atoms with van der Waals surface area (Å²) < 4.78 is 0. The second-order valence-corrected chi connectivity index (χ2v) is 5.92. The molecule has 0 aliphatic carbocycles. The van der Waals surface area contributed by atoms with Gasteiger partial charge in [-0.05, 0) is 51.8 Å². The maximum atomic E-state index is 11.6. The van der Waals surface area contributed by atoms with E-state index in [9.17, 15) is 4.79 Å². The predicted octanol–water partition coefficient (Wildman–Crippen LogP) is 1.60. The van der Waals surface area contributed by atoms with Gasteiger partial charge in [-0.1, -0.05) is 17.7 Å². The van der Waals surface area contributed by atoms with Gasteiger partial charge in [0.15, 0.2) is 0 Å². The summed E-state index contributed by atoms with van der Waals surface area (Å²) in [5.41, 5.74) is 8.89. The number of primary amides is 1. The first kappa shape index (κ1) is 14.9. The molecule has 0 radical (unpaired) electrons. The molecular formula is C16H25N3O. The van der Waals surface area contributed by atoms with E-state index in [1.54, 1.807) is 7.05 Å². The van der Waals surface area contributed by atoms with E-state index in [0.717, 1.165) is 19.5 Å². The van der Waals surface area contributed by atoms with E-state index in [1.807, 2.05) is 6.92 Å². The highest BCUT2D eigenvalue weighted by molar-refractivity contribution is 5.84. The van der Waals surface area contributed by atoms with Crippen LogP contribution in [0.1, 0.15) is 30.9 Å². The van der Waals surface area contributed by atoms with Crippen molar-refractivity contribution in [2.24, 2.45) is 5.73 Å². The minimum Gasteiger partial charge on any atom is -0.371 e. The molecule has 0 saturated heterocycles.